The van der Waals surface area contributed by atoms with E-state index < -0.39 is 17.7 Å². The lowest BCUT2D eigenvalue weighted by Gasteiger charge is -2.13. The Morgan fingerprint density at radius 2 is 2.07 bits per heavy atom. The van der Waals surface area contributed by atoms with Gasteiger partial charge in [-0.15, -0.1) is 0 Å². The number of ether oxygens (including phenoxy) is 2. The molecule has 0 amide bonds. The van der Waals surface area contributed by atoms with Gasteiger partial charge in [0.05, 0.1) is 11.7 Å². The van der Waals surface area contributed by atoms with Gasteiger partial charge >= 0.3 is 0 Å². The zero-order chi connectivity index (χ0) is 11.4. The molecule has 5 heteroatoms. The molecule has 0 spiro atoms. The van der Waals surface area contributed by atoms with Gasteiger partial charge in [-0.25, -0.2) is 8.78 Å². The van der Waals surface area contributed by atoms with Crippen LogP contribution in [0.2, 0.25) is 0 Å². The second-order valence-electron chi connectivity index (χ2n) is 3.00. The average Bonchev–Trinajstić information content (AvgIpc) is 2.19. The third-order valence-electron chi connectivity index (χ3n) is 1.84. The summed E-state index contributed by atoms with van der Waals surface area (Å²) in [5.74, 6) is -2.04. The van der Waals surface area contributed by atoms with E-state index >= 15 is 0 Å². The smallest absolute Gasteiger partial charge is 0.188 e. The average molecular weight is 218 g/mol. The van der Waals surface area contributed by atoms with Gasteiger partial charge in [0.2, 0.25) is 0 Å². The van der Waals surface area contributed by atoms with Crippen molar-refractivity contribution < 1.29 is 23.4 Å². The zero-order valence-corrected chi connectivity index (χ0v) is 8.46. The molecule has 0 saturated heterocycles. The summed E-state index contributed by atoms with van der Waals surface area (Å²) in [6.07, 6.45) is -1.15. The van der Waals surface area contributed by atoms with Crippen molar-refractivity contribution in [2.45, 2.75) is 13.0 Å². The van der Waals surface area contributed by atoms with E-state index in [0.29, 0.717) is 0 Å². The number of halogens is 2. The molecule has 1 aromatic carbocycles. The van der Waals surface area contributed by atoms with Crippen LogP contribution in [-0.4, -0.2) is 19.0 Å². The van der Waals surface area contributed by atoms with Gasteiger partial charge in [-0.05, 0) is 19.1 Å². The van der Waals surface area contributed by atoms with Gasteiger partial charge in [-0.1, -0.05) is 0 Å². The number of methoxy groups -OCH3 is 1. The quantitative estimate of drug-likeness (QED) is 0.785. The minimum absolute atomic E-state index is 0.0748. The summed E-state index contributed by atoms with van der Waals surface area (Å²) in [6.45, 7) is 1.24. The molecule has 15 heavy (non-hydrogen) atoms. The lowest BCUT2D eigenvalue weighted by Crippen LogP contribution is -2.06. The molecule has 0 aliphatic carbocycles. The Hall–Kier alpha value is -1.20. The molecule has 1 unspecified atom stereocenters. The van der Waals surface area contributed by atoms with E-state index in [1.807, 2.05) is 0 Å². The van der Waals surface area contributed by atoms with Crippen LogP contribution in [0.15, 0.2) is 12.1 Å². The van der Waals surface area contributed by atoms with Crippen molar-refractivity contribution in [1.82, 2.24) is 0 Å². The summed E-state index contributed by atoms with van der Waals surface area (Å²) in [5, 5.41) is 9.28. The highest BCUT2D eigenvalue weighted by atomic mass is 19.2. The van der Waals surface area contributed by atoms with Crippen molar-refractivity contribution in [2.24, 2.45) is 0 Å². The third kappa shape index (κ3) is 2.64. The Labute approximate surface area is 86.2 Å². The van der Waals surface area contributed by atoms with Gasteiger partial charge in [-0.2, -0.15) is 0 Å². The van der Waals surface area contributed by atoms with Crippen LogP contribution in [0.4, 0.5) is 8.78 Å². The first-order valence-corrected chi connectivity index (χ1v) is 4.35. The van der Waals surface area contributed by atoms with Crippen molar-refractivity contribution in [3.8, 4) is 5.75 Å². The number of aliphatic hydroxyl groups excluding tert-OH is 1. The van der Waals surface area contributed by atoms with E-state index in [0.717, 1.165) is 6.07 Å². The molecular formula is C10H12F2O3. The molecule has 0 aliphatic rings. The molecule has 0 aliphatic heterocycles. The Bertz CT molecular complexity index is 340. The molecule has 0 bridgehead atoms. The molecule has 0 heterocycles. The highest BCUT2D eigenvalue weighted by Gasteiger charge is 2.18. The van der Waals surface area contributed by atoms with Crippen LogP contribution in [0, 0.1) is 11.6 Å². The molecule has 0 radical (unpaired) electrons. The molecule has 0 aromatic heterocycles. The molecule has 1 N–H and O–H groups in total. The summed E-state index contributed by atoms with van der Waals surface area (Å²) in [4.78, 5) is 0. The van der Waals surface area contributed by atoms with Crippen LogP contribution in [0.1, 0.15) is 18.6 Å². The minimum Gasteiger partial charge on any atom is -0.467 e. The lowest BCUT2D eigenvalue weighted by molar-refractivity contribution is 0.0477. The normalized spacial score (nSPS) is 12.6. The van der Waals surface area contributed by atoms with Gasteiger partial charge in [0.1, 0.15) is 5.75 Å². The van der Waals surface area contributed by atoms with Crippen molar-refractivity contribution >= 4 is 0 Å². The SMILES string of the molecule is COCOc1ccc(F)c(F)c1C(C)O. The monoisotopic (exact) mass is 218 g/mol. The Kier molecular flexibility index (Phi) is 3.99. The lowest BCUT2D eigenvalue weighted by atomic mass is 10.1. The Balaban J connectivity index is 3.09. The van der Waals surface area contributed by atoms with Crippen molar-refractivity contribution in [3.63, 3.8) is 0 Å². The maximum Gasteiger partial charge on any atom is 0.188 e. The van der Waals surface area contributed by atoms with Crippen LogP contribution < -0.4 is 4.74 Å². The summed E-state index contributed by atoms with van der Waals surface area (Å²) < 4.78 is 35.8. The number of aliphatic hydroxyl groups is 1. The number of rotatable bonds is 4. The predicted molar refractivity (Wildman–Crippen MR) is 49.5 cm³/mol. The molecule has 1 rings (SSSR count). The predicted octanol–water partition coefficient (Wildman–Crippen LogP) is 2.00. The fourth-order valence-electron chi connectivity index (χ4n) is 1.19. The molecule has 1 aromatic rings. The summed E-state index contributed by atoms with van der Waals surface area (Å²) in [7, 11) is 1.40. The summed E-state index contributed by atoms with van der Waals surface area (Å²) in [6, 6.07) is 2.19. The van der Waals surface area contributed by atoms with Crippen LogP contribution >= 0.6 is 0 Å². The van der Waals surface area contributed by atoms with E-state index in [-0.39, 0.29) is 18.1 Å². The van der Waals surface area contributed by atoms with Crippen molar-refractivity contribution in [1.29, 1.82) is 0 Å². The Morgan fingerprint density at radius 3 is 2.60 bits per heavy atom. The molecule has 84 valence electrons. The first-order chi connectivity index (χ1) is 7.07. The number of hydrogen-bond acceptors (Lipinski definition) is 3. The van der Waals surface area contributed by atoms with E-state index in [2.05, 4.69) is 4.74 Å². The van der Waals surface area contributed by atoms with E-state index in [1.165, 1.54) is 20.1 Å². The highest BCUT2D eigenvalue weighted by molar-refractivity contribution is 5.36. The fraction of sp³-hybridized carbons (Fsp3) is 0.400. The van der Waals surface area contributed by atoms with Gasteiger partial charge in [0, 0.05) is 7.11 Å². The number of hydrogen-bond donors (Lipinski definition) is 1. The van der Waals surface area contributed by atoms with E-state index in [1.54, 1.807) is 0 Å². The van der Waals surface area contributed by atoms with Gasteiger partial charge < -0.3 is 14.6 Å². The molecule has 1 atom stereocenters. The number of benzene rings is 1. The first kappa shape index (κ1) is 11.9. The molecule has 3 nitrogen and oxygen atoms in total. The van der Waals surface area contributed by atoms with Crippen LogP contribution in [-0.2, 0) is 4.74 Å². The van der Waals surface area contributed by atoms with E-state index in [9.17, 15) is 13.9 Å². The van der Waals surface area contributed by atoms with Crippen LogP contribution in [0.3, 0.4) is 0 Å². The maximum atomic E-state index is 13.3. The van der Waals surface area contributed by atoms with Gasteiger partial charge in [0.25, 0.3) is 0 Å². The molecule has 0 saturated carbocycles. The summed E-state index contributed by atoms with van der Waals surface area (Å²) >= 11 is 0. The second kappa shape index (κ2) is 5.04. The zero-order valence-electron chi connectivity index (χ0n) is 8.46. The van der Waals surface area contributed by atoms with Crippen molar-refractivity contribution in [2.75, 3.05) is 13.9 Å². The largest absolute Gasteiger partial charge is 0.467 e. The van der Waals surface area contributed by atoms with Gasteiger partial charge in [-0.3, -0.25) is 0 Å². The minimum atomic E-state index is -1.15. The second-order valence-corrected chi connectivity index (χ2v) is 3.00. The summed E-state index contributed by atoms with van der Waals surface area (Å²) in [5.41, 5.74) is -0.202. The van der Waals surface area contributed by atoms with Crippen molar-refractivity contribution in [3.05, 3.63) is 29.3 Å². The maximum absolute atomic E-state index is 13.3. The fourth-order valence-corrected chi connectivity index (χ4v) is 1.19. The Morgan fingerprint density at radius 1 is 1.40 bits per heavy atom. The molecular weight excluding hydrogens is 206 g/mol. The van der Waals surface area contributed by atoms with Crippen LogP contribution in [0.25, 0.3) is 0 Å². The molecule has 0 fully saturated rings. The topological polar surface area (TPSA) is 38.7 Å². The first-order valence-electron chi connectivity index (χ1n) is 4.35. The third-order valence-corrected chi connectivity index (χ3v) is 1.84. The standard InChI is InChI=1S/C10H12F2O3/c1-6(13)9-8(15-5-14-2)4-3-7(11)10(9)12/h3-4,6,13H,5H2,1-2H3. The highest BCUT2D eigenvalue weighted by Crippen LogP contribution is 2.29. The van der Waals surface area contributed by atoms with E-state index in [4.69, 9.17) is 4.74 Å². The van der Waals surface area contributed by atoms with Gasteiger partial charge in [0.15, 0.2) is 18.4 Å². The van der Waals surface area contributed by atoms with Crippen LogP contribution in [0.5, 0.6) is 5.75 Å².